The highest BCUT2D eigenvalue weighted by Crippen LogP contribution is 2.49. The van der Waals surface area contributed by atoms with Gasteiger partial charge in [0.05, 0.1) is 6.42 Å². The SMILES string of the molecule is CC(=CC(F)CC(F)(F)C(F)(F)CCC(F)(F)C(F)(F)CCC(F)(F)C(F)(F)F)C(=O)O. The lowest BCUT2D eigenvalue weighted by atomic mass is 9.94. The number of allylic oxidation sites excluding steroid dienone is 1. The normalized spacial score (nSPS) is 16.3. The van der Waals surface area contributed by atoms with E-state index in [-0.39, 0.29) is 6.08 Å². The van der Waals surface area contributed by atoms with Gasteiger partial charge in [-0.3, -0.25) is 0 Å². The largest absolute Gasteiger partial charge is 0.478 e. The van der Waals surface area contributed by atoms with Crippen molar-refractivity contribution < 1.29 is 71.4 Å². The topological polar surface area (TPSA) is 37.3 Å². The molecule has 0 aromatic heterocycles. The Balaban J connectivity index is 5.30. The third kappa shape index (κ3) is 7.67. The number of hydrogen-bond acceptors (Lipinski definition) is 1. The summed E-state index contributed by atoms with van der Waals surface area (Å²) in [7, 11) is 0. The zero-order valence-corrected chi connectivity index (χ0v) is 15.8. The van der Waals surface area contributed by atoms with E-state index in [0.717, 1.165) is 6.92 Å². The fourth-order valence-electron chi connectivity index (χ4n) is 2.11. The molecule has 2 nitrogen and oxygen atoms in total. The predicted octanol–water partition coefficient (Wildman–Crippen LogP) is 7.04. The molecule has 0 amide bonds. The van der Waals surface area contributed by atoms with Crippen LogP contribution in [0.4, 0.5) is 61.5 Å². The molecular weight excluding hydrogens is 490 g/mol. The van der Waals surface area contributed by atoms with Crippen LogP contribution in [-0.2, 0) is 4.79 Å². The van der Waals surface area contributed by atoms with Gasteiger partial charge in [0.25, 0.3) is 0 Å². The second kappa shape index (κ2) is 9.61. The fourth-order valence-corrected chi connectivity index (χ4v) is 2.11. The van der Waals surface area contributed by atoms with Crippen LogP contribution in [0.2, 0.25) is 0 Å². The lowest BCUT2D eigenvalue weighted by Gasteiger charge is -2.32. The Labute approximate surface area is 171 Å². The van der Waals surface area contributed by atoms with Crippen molar-refractivity contribution >= 4 is 5.97 Å². The molecule has 0 aliphatic heterocycles. The molecule has 0 fully saturated rings. The van der Waals surface area contributed by atoms with Crippen LogP contribution in [0.15, 0.2) is 11.6 Å². The summed E-state index contributed by atoms with van der Waals surface area (Å²) in [5, 5.41) is 8.44. The third-order valence-electron chi connectivity index (χ3n) is 4.21. The van der Waals surface area contributed by atoms with E-state index < -0.39 is 85.6 Å². The molecule has 0 aliphatic carbocycles. The van der Waals surface area contributed by atoms with Gasteiger partial charge >= 0.3 is 41.8 Å². The van der Waals surface area contributed by atoms with Gasteiger partial charge in [0.2, 0.25) is 0 Å². The number of carboxylic acid groups (broad SMARTS) is 1. The van der Waals surface area contributed by atoms with Crippen molar-refractivity contribution in [1.29, 1.82) is 0 Å². The van der Waals surface area contributed by atoms with E-state index in [2.05, 4.69) is 0 Å². The number of carboxylic acids is 1. The minimum absolute atomic E-state index is 0.00983. The van der Waals surface area contributed by atoms with E-state index >= 15 is 0 Å². The number of alkyl halides is 14. The van der Waals surface area contributed by atoms with Gasteiger partial charge in [-0.2, -0.15) is 57.1 Å². The van der Waals surface area contributed by atoms with Crippen molar-refractivity contribution in [3.05, 3.63) is 11.6 Å². The molecule has 16 heteroatoms. The van der Waals surface area contributed by atoms with E-state index in [1.54, 1.807) is 0 Å². The van der Waals surface area contributed by atoms with E-state index in [4.69, 9.17) is 5.11 Å². The standard InChI is InChI=1S/C16H16F14O2/c1-8(10(31)32)6-9(17)7-15(26,27)13(22,23)3-2-11(18,19)12(20,21)4-5-14(24,25)16(28,29)30/h6,9H,2-5,7H2,1H3,(H,31,32). The monoisotopic (exact) mass is 506 g/mol. The van der Waals surface area contributed by atoms with E-state index in [0.29, 0.717) is 0 Å². The summed E-state index contributed by atoms with van der Waals surface area (Å²) in [6.07, 6.45) is -22.9. The number of rotatable bonds is 12. The molecule has 0 rings (SSSR count). The summed E-state index contributed by atoms with van der Waals surface area (Å²) in [6.45, 7) is 0.718. The minimum Gasteiger partial charge on any atom is -0.478 e. The average Bonchev–Trinajstić information content (AvgIpc) is 2.56. The van der Waals surface area contributed by atoms with Crippen LogP contribution in [-0.4, -0.2) is 53.0 Å². The van der Waals surface area contributed by atoms with Gasteiger partial charge < -0.3 is 5.11 Å². The summed E-state index contributed by atoms with van der Waals surface area (Å²) in [4.78, 5) is 10.4. The second-order valence-electron chi connectivity index (χ2n) is 6.89. The zero-order chi connectivity index (χ0) is 26.0. The van der Waals surface area contributed by atoms with Crippen LogP contribution in [0, 0.1) is 0 Å². The highest BCUT2D eigenvalue weighted by Gasteiger charge is 2.64. The molecule has 0 spiro atoms. The molecule has 0 bridgehead atoms. The summed E-state index contributed by atoms with van der Waals surface area (Å²) in [5.74, 6) is -30.0. The second-order valence-corrected chi connectivity index (χ2v) is 6.89. The van der Waals surface area contributed by atoms with Crippen molar-refractivity contribution in [2.24, 2.45) is 0 Å². The Bertz CT molecular complexity index is 681. The maximum absolute atomic E-state index is 13.6. The number of hydrogen-bond donors (Lipinski definition) is 1. The number of halogens is 14. The Morgan fingerprint density at radius 2 is 1.00 bits per heavy atom. The van der Waals surface area contributed by atoms with Gasteiger partial charge in [0, 0.05) is 31.3 Å². The van der Waals surface area contributed by atoms with Gasteiger partial charge in [0.15, 0.2) is 0 Å². The van der Waals surface area contributed by atoms with Gasteiger partial charge in [-0.25, -0.2) is 9.18 Å². The third-order valence-corrected chi connectivity index (χ3v) is 4.21. The van der Waals surface area contributed by atoms with Gasteiger partial charge in [-0.05, 0) is 13.0 Å². The molecule has 0 heterocycles. The molecule has 0 aromatic carbocycles. The maximum Gasteiger partial charge on any atom is 0.453 e. The Kier molecular flexibility index (Phi) is 9.08. The molecule has 0 radical (unpaired) electrons. The summed E-state index contributed by atoms with van der Waals surface area (Å²) >= 11 is 0. The number of aliphatic carboxylic acids is 1. The first-order valence-electron chi connectivity index (χ1n) is 8.40. The quantitative estimate of drug-likeness (QED) is 0.228. The molecule has 1 unspecified atom stereocenters. The summed E-state index contributed by atoms with van der Waals surface area (Å²) < 4.78 is 183. The highest BCUT2D eigenvalue weighted by molar-refractivity contribution is 5.85. The van der Waals surface area contributed by atoms with Crippen LogP contribution in [0.3, 0.4) is 0 Å². The lowest BCUT2D eigenvalue weighted by molar-refractivity contribution is -0.295. The average molecular weight is 506 g/mol. The Morgan fingerprint density at radius 3 is 1.31 bits per heavy atom. The summed E-state index contributed by atoms with van der Waals surface area (Å²) in [5.41, 5.74) is -0.863. The van der Waals surface area contributed by atoms with Crippen molar-refractivity contribution in [2.45, 2.75) is 81.0 Å². The van der Waals surface area contributed by atoms with Gasteiger partial charge in [0.1, 0.15) is 6.17 Å². The molecule has 0 saturated heterocycles. The Hall–Kier alpha value is -1.77. The first-order valence-corrected chi connectivity index (χ1v) is 8.40. The van der Waals surface area contributed by atoms with Crippen molar-refractivity contribution in [3.63, 3.8) is 0 Å². The van der Waals surface area contributed by atoms with Crippen LogP contribution >= 0.6 is 0 Å². The molecule has 0 aliphatic rings. The molecule has 0 saturated carbocycles. The number of carbonyl (C=O) groups is 1. The van der Waals surface area contributed by atoms with E-state index in [1.165, 1.54) is 0 Å². The molecular formula is C16H16F14O2. The van der Waals surface area contributed by atoms with Gasteiger partial charge in [-0.1, -0.05) is 0 Å². The first kappa shape index (κ1) is 30.2. The van der Waals surface area contributed by atoms with Crippen molar-refractivity contribution in [3.8, 4) is 0 Å². The minimum atomic E-state index is -6.36. The zero-order valence-electron chi connectivity index (χ0n) is 15.8. The lowest BCUT2D eigenvalue weighted by Crippen LogP contribution is -2.47. The molecule has 1 N–H and O–H groups in total. The predicted molar refractivity (Wildman–Crippen MR) is 80.2 cm³/mol. The van der Waals surface area contributed by atoms with Crippen LogP contribution in [0.1, 0.15) is 39.0 Å². The first-order chi connectivity index (χ1) is 13.9. The summed E-state index contributed by atoms with van der Waals surface area (Å²) in [6, 6.07) is 0. The van der Waals surface area contributed by atoms with Crippen LogP contribution in [0.25, 0.3) is 0 Å². The van der Waals surface area contributed by atoms with Crippen molar-refractivity contribution in [1.82, 2.24) is 0 Å². The Morgan fingerprint density at radius 1 is 0.688 bits per heavy atom. The highest BCUT2D eigenvalue weighted by atomic mass is 19.4. The van der Waals surface area contributed by atoms with Crippen LogP contribution in [0.5, 0.6) is 0 Å². The molecule has 190 valence electrons. The van der Waals surface area contributed by atoms with E-state index in [1.807, 2.05) is 0 Å². The maximum atomic E-state index is 13.6. The molecule has 1 atom stereocenters. The van der Waals surface area contributed by atoms with Crippen LogP contribution < -0.4 is 0 Å². The van der Waals surface area contributed by atoms with Crippen molar-refractivity contribution in [2.75, 3.05) is 0 Å². The fraction of sp³-hybridized carbons (Fsp3) is 0.812. The molecule has 32 heavy (non-hydrogen) atoms. The van der Waals surface area contributed by atoms with E-state index in [9.17, 15) is 66.3 Å². The smallest absolute Gasteiger partial charge is 0.453 e. The molecule has 0 aromatic rings. The van der Waals surface area contributed by atoms with Gasteiger partial charge in [-0.15, -0.1) is 0 Å².